The summed E-state index contributed by atoms with van der Waals surface area (Å²) in [7, 11) is 0. The van der Waals surface area contributed by atoms with E-state index >= 15 is 0 Å². The molecule has 0 spiro atoms. The Bertz CT molecular complexity index is 753. The molecule has 0 N–H and O–H groups in total. The first-order chi connectivity index (χ1) is 11.3. The predicted molar refractivity (Wildman–Crippen MR) is 84.0 cm³/mol. The quantitative estimate of drug-likeness (QED) is 0.629. The maximum Gasteiger partial charge on any atom is 0.344 e. The Morgan fingerprint density at radius 2 is 1.87 bits per heavy atom. The highest BCUT2D eigenvalue weighted by molar-refractivity contribution is 5.71. The summed E-state index contributed by atoms with van der Waals surface area (Å²) >= 11 is 0. The van der Waals surface area contributed by atoms with Crippen molar-refractivity contribution in [1.29, 1.82) is 0 Å². The van der Waals surface area contributed by atoms with Crippen LogP contribution in [-0.4, -0.2) is 19.2 Å². The monoisotopic (exact) mass is 308 g/mol. The zero-order chi connectivity index (χ0) is 15.7. The average Bonchev–Trinajstić information content (AvgIpc) is 3.17. The van der Waals surface area contributed by atoms with E-state index in [1.807, 2.05) is 54.6 Å². The topological polar surface area (TPSA) is 44.8 Å². The molecule has 4 nitrogen and oxygen atoms in total. The molecule has 2 aliphatic rings. The van der Waals surface area contributed by atoms with Crippen LogP contribution in [0.3, 0.4) is 0 Å². The standard InChI is InChI=1S/C19H16O4/c20-18(12-21-14-6-2-1-3-7-14)22-13-19-11-10-17(23-19)15-8-4-5-9-16(15)19/h1-11,17H,12-13H2. The third-order valence-electron chi connectivity index (χ3n) is 4.15. The van der Waals surface area contributed by atoms with Gasteiger partial charge in [0.2, 0.25) is 0 Å². The zero-order valence-corrected chi connectivity index (χ0v) is 12.5. The number of benzene rings is 2. The fourth-order valence-electron chi connectivity index (χ4n) is 3.05. The number of carbonyl (C=O) groups is 1. The van der Waals surface area contributed by atoms with Crippen molar-refractivity contribution in [2.75, 3.05) is 13.2 Å². The minimum Gasteiger partial charge on any atom is -0.482 e. The van der Waals surface area contributed by atoms with E-state index in [0.29, 0.717) is 5.75 Å². The van der Waals surface area contributed by atoms with Crippen LogP contribution in [0, 0.1) is 0 Å². The summed E-state index contributed by atoms with van der Waals surface area (Å²) in [6.45, 7) is 0.0445. The lowest BCUT2D eigenvalue weighted by Crippen LogP contribution is -2.30. The molecule has 2 atom stereocenters. The zero-order valence-electron chi connectivity index (χ0n) is 12.5. The molecule has 4 rings (SSSR count). The molecule has 2 heterocycles. The maximum atomic E-state index is 11.9. The molecule has 116 valence electrons. The summed E-state index contributed by atoms with van der Waals surface area (Å²) in [4.78, 5) is 11.9. The fourth-order valence-corrected chi connectivity index (χ4v) is 3.05. The number of ether oxygens (including phenoxy) is 3. The summed E-state index contributed by atoms with van der Waals surface area (Å²) in [5.41, 5.74) is 1.57. The average molecular weight is 308 g/mol. The van der Waals surface area contributed by atoms with Gasteiger partial charge in [-0.25, -0.2) is 4.79 Å². The second-order valence-corrected chi connectivity index (χ2v) is 5.64. The first-order valence-electron chi connectivity index (χ1n) is 7.57. The van der Waals surface area contributed by atoms with Crippen LogP contribution in [0.1, 0.15) is 17.2 Å². The van der Waals surface area contributed by atoms with Gasteiger partial charge in [0.1, 0.15) is 24.1 Å². The number of carbonyl (C=O) groups excluding carboxylic acids is 1. The number of hydrogen-bond donors (Lipinski definition) is 0. The highest BCUT2D eigenvalue weighted by Gasteiger charge is 2.47. The van der Waals surface area contributed by atoms with Crippen LogP contribution >= 0.6 is 0 Å². The van der Waals surface area contributed by atoms with E-state index in [2.05, 4.69) is 0 Å². The Morgan fingerprint density at radius 3 is 2.74 bits per heavy atom. The van der Waals surface area contributed by atoms with Crippen LogP contribution in [0.15, 0.2) is 66.7 Å². The van der Waals surface area contributed by atoms with Gasteiger partial charge in [-0.3, -0.25) is 0 Å². The smallest absolute Gasteiger partial charge is 0.344 e. The van der Waals surface area contributed by atoms with E-state index in [4.69, 9.17) is 14.2 Å². The van der Waals surface area contributed by atoms with Gasteiger partial charge in [-0.15, -0.1) is 0 Å². The fraction of sp³-hybridized carbons (Fsp3) is 0.211. The lowest BCUT2D eigenvalue weighted by Gasteiger charge is -2.23. The van der Waals surface area contributed by atoms with Gasteiger partial charge in [0.15, 0.2) is 6.61 Å². The first kappa shape index (κ1) is 14.0. The first-order valence-corrected chi connectivity index (χ1v) is 7.57. The van der Waals surface area contributed by atoms with E-state index in [9.17, 15) is 4.79 Å². The van der Waals surface area contributed by atoms with Crippen LogP contribution < -0.4 is 4.74 Å². The van der Waals surface area contributed by atoms with Gasteiger partial charge >= 0.3 is 5.97 Å². The summed E-state index contributed by atoms with van der Waals surface area (Å²) in [5, 5.41) is 0. The molecular weight excluding hydrogens is 292 g/mol. The van der Waals surface area contributed by atoms with Gasteiger partial charge in [0.25, 0.3) is 0 Å². The van der Waals surface area contributed by atoms with E-state index in [0.717, 1.165) is 11.1 Å². The van der Waals surface area contributed by atoms with Crippen molar-refractivity contribution >= 4 is 5.97 Å². The van der Waals surface area contributed by atoms with Crippen LogP contribution in [0.2, 0.25) is 0 Å². The minimum absolute atomic E-state index is 0.0366. The largest absolute Gasteiger partial charge is 0.482 e. The van der Waals surface area contributed by atoms with Crippen molar-refractivity contribution < 1.29 is 19.0 Å². The van der Waals surface area contributed by atoms with Crippen molar-refractivity contribution in [3.05, 3.63) is 77.9 Å². The van der Waals surface area contributed by atoms with Crippen molar-refractivity contribution in [3.63, 3.8) is 0 Å². The second-order valence-electron chi connectivity index (χ2n) is 5.64. The number of esters is 1. The summed E-state index contributed by atoms with van der Waals surface area (Å²) in [6, 6.07) is 17.2. The molecule has 2 aliphatic heterocycles. The molecule has 4 heteroatoms. The summed E-state index contributed by atoms with van der Waals surface area (Å²) in [5.74, 6) is 0.235. The molecule has 0 radical (unpaired) electrons. The molecule has 0 saturated heterocycles. The summed E-state index contributed by atoms with van der Waals surface area (Å²) in [6.07, 6.45) is 3.95. The van der Waals surface area contributed by atoms with Gasteiger partial charge in [-0.05, 0) is 29.3 Å². The van der Waals surface area contributed by atoms with Gasteiger partial charge in [0, 0.05) is 0 Å². The summed E-state index contributed by atoms with van der Waals surface area (Å²) < 4.78 is 16.8. The molecule has 2 aromatic carbocycles. The molecule has 2 aromatic rings. The maximum absolute atomic E-state index is 11.9. The normalized spacial score (nSPS) is 23.6. The van der Waals surface area contributed by atoms with Gasteiger partial charge in [-0.1, -0.05) is 48.5 Å². The molecular formula is C19H16O4. The van der Waals surface area contributed by atoms with Crippen molar-refractivity contribution in [2.24, 2.45) is 0 Å². The number of hydrogen-bond acceptors (Lipinski definition) is 4. The minimum atomic E-state index is -0.649. The molecule has 23 heavy (non-hydrogen) atoms. The lowest BCUT2D eigenvalue weighted by atomic mass is 9.88. The highest BCUT2D eigenvalue weighted by Crippen LogP contribution is 2.50. The van der Waals surface area contributed by atoms with Gasteiger partial charge in [-0.2, -0.15) is 0 Å². The molecule has 0 aliphatic carbocycles. The second kappa shape index (κ2) is 5.56. The SMILES string of the molecule is O=C(COc1ccccc1)OCC12C=CC(O1)c1ccccc12. The van der Waals surface area contributed by atoms with Gasteiger partial charge < -0.3 is 14.2 Å². The van der Waals surface area contributed by atoms with Crippen molar-refractivity contribution in [2.45, 2.75) is 11.7 Å². The Balaban J connectivity index is 1.38. The molecule has 0 amide bonds. The molecule has 0 saturated carbocycles. The Hall–Kier alpha value is -2.59. The third-order valence-corrected chi connectivity index (χ3v) is 4.15. The third kappa shape index (κ3) is 2.51. The Labute approximate surface area is 134 Å². The van der Waals surface area contributed by atoms with Crippen molar-refractivity contribution in [1.82, 2.24) is 0 Å². The van der Waals surface area contributed by atoms with E-state index in [1.54, 1.807) is 12.1 Å². The van der Waals surface area contributed by atoms with E-state index < -0.39 is 11.6 Å². The Morgan fingerprint density at radius 1 is 1.09 bits per heavy atom. The van der Waals surface area contributed by atoms with Crippen LogP contribution in [-0.2, 0) is 19.9 Å². The number of rotatable bonds is 5. The van der Waals surface area contributed by atoms with Crippen LogP contribution in [0.4, 0.5) is 0 Å². The van der Waals surface area contributed by atoms with Crippen LogP contribution in [0.5, 0.6) is 5.75 Å². The molecule has 0 aromatic heterocycles. The van der Waals surface area contributed by atoms with Gasteiger partial charge in [0.05, 0.1) is 0 Å². The number of para-hydroxylation sites is 1. The Kier molecular flexibility index (Phi) is 3.39. The van der Waals surface area contributed by atoms with Crippen LogP contribution in [0.25, 0.3) is 0 Å². The predicted octanol–water partition coefficient (Wildman–Crippen LogP) is 3.15. The molecule has 0 fully saturated rings. The number of fused-ring (bicyclic) bond motifs is 5. The molecule has 2 unspecified atom stereocenters. The van der Waals surface area contributed by atoms with E-state index in [-0.39, 0.29) is 19.3 Å². The highest BCUT2D eigenvalue weighted by atomic mass is 16.6. The van der Waals surface area contributed by atoms with Crippen molar-refractivity contribution in [3.8, 4) is 5.75 Å². The lowest BCUT2D eigenvalue weighted by molar-refractivity contribution is -0.154. The van der Waals surface area contributed by atoms with E-state index in [1.165, 1.54) is 0 Å². The molecule has 2 bridgehead atoms.